The third-order valence-electron chi connectivity index (χ3n) is 1.74. The molecule has 0 aliphatic heterocycles. The fourth-order valence-electron chi connectivity index (χ4n) is 1.18. The van der Waals surface area contributed by atoms with Crippen molar-refractivity contribution in [2.24, 2.45) is 0 Å². The lowest BCUT2D eigenvalue weighted by atomic mass is 10.2. The molecule has 0 aromatic carbocycles. The SMILES string of the molecule is [CH2]N[C@H]1CCCC1O. The first-order valence-corrected chi connectivity index (χ1v) is 3.05. The third-order valence-corrected chi connectivity index (χ3v) is 1.74. The molecule has 1 fully saturated rings. The number of aliphatic hydroxyl groups is 1. The van der Waals surface area contributed by atoms with E-state index in [1.54, 1.807) is 0 Å². The van der Waals surface area contributed by atoms with E-state index in [9.17, 15) is 0 Å². The van der Waals surface area contributed by atoms with E-state index in [2.05, 4.69) is 12.4 Å². The summed E-state index contributed by atoms with van der Waals surface area (Å²) in [6.45, 7) is 0. The maximum absolute atomic E-state index is 9.09. The molecule has 2 N–H and O–H groups in total. The lowest BCUT2D eigenvalue weighted by molar-refractivity contribution is 0.155. The summed E-state index contributed by atoms with van der Waals surface area (Å²) in [5.74, 6) is 0. The number of hydrogen-bond acceptors (Lipinski definition) is 2. The van der Waals surface area contributed by atoms with Gasteiger partial charge in [-0.05, 0) is 19.3 Å². The molecule has 0 amide bonds. The van der Waals surface area contributed by atoms with Gasteiger partial charge in [0, 0.05) is 13.1 Å². The Labute approximate surface area is 49.9 Å². The number of hydrogen-bond donors (Lipinski definition) is 2. The first-order chi connectivity index (χ1) is 3.84. The van der Waals surface area contributed by atoms with Crippen LogP contribution >= 0.6 is 0 Å². The highest BCUT2D eigenvalue weighted by Gasteiger charge is 2.22. The average molecular weight is 114 g/mol. The standard InChI is InChI=1S/C6H12NO/c1-7-5-3-2-4-6(5)8/h5-8H,1-4H2/t5-,6?/m0/s1. The Bertz CT molecular complexity index is 74.9. The van der Waals surface area contributed by atoms with Crippen LogP contribution in [0, 0.1) is 7.05 Å². The van der Waals surface area contributed by atoms with Crippen LogP contribution < -0.4 is 5.32 Å². The van der Waals surface area contributed by atoms with Crippen LogP contribution in [0.4, 0.5) is 0 Å². The molecule has 1 rings (SSSR count). The summed E-state index contributed by atoms with van der Waals surface area (Å²) >= 11 is 0. The van der Waals surface area contributed by atoms with Gasteiger partial charge in [0.2, 0.25) is 0 Å². The molecule has 0 saturated heterocycles. The summed E-state index contributed by atoms with van der Waals surface area (Å²) < 4.78 is 0. The highest BCUT2D eigenvalue weighted by molar-refractivity contribution is 4.81. The second-order valence-corrected chi connectivity index (χ2v) is 2.31. The van der Waals surface area contributed by atoms with Crippen LogP contribution in [0.15, 0.2) is 0 Å². The Hall–Kier alpha value is -0.0800. The smallest absolute Gasteiger partial charge is 0.0693 e. The van der Waals surface area contributed by atoms with Crippen LogP contribution in [-0.4, -0.2) is 17.3 Å². The summed E-state index contributed by atoms with van der Waals surface area (Å²) in [6.07, 6.45) is 3.00. The van der Waals surface area contributed by atoms with Gasteiger partial charge in [0.05, 0.1) is 6.10 Å². The van der Waals surface area contributed by atoms with Gasteiger partial charge in [-0.2, -0.15) is 0 Å². The molecule has 1 unspecified atom stereocenters. The van der Waals surface area contributed by atoms with Crippen LogP contribution in [0.1, 0.15) is 19.3 Å². The van der Waals surface area contributed by atoms with Gasteiger partial charge in [-0.1, -0.05) is 0 Å². The van der Waals surface area contributed by atoms with Crippen molar-refractivity contribution in [3.8, 4) is 0 Å². The quantitative estimate of drug-likeness (QED) is 0.513. The van der Waals surface area contributed by atoms with E-state index >= 15 is 0 Å². The molecule has 2 nitrogen and oxygen atoms in total. The Morgan fingerprint density at radius 2 is 2.25 bits per heavy atom. The molecule has 0 aromatic rings. The molecule has 8 heavy (non-hydrogen) atoms. The van der Waals surface area contributed by atoms with Gasteiger partial charge < -0.3 is 10.4 Å². The van der Waals surface area contributed by atoms with E-state index in [-0.39, 0.29) is 12.1 Å². The van der Waals surface area contributed by atoms with E-state index in [1.165, 1.54) is 0 Å². The maximum Gasteiger partial charge on any atom is 0.0693 e. The van der Waals surface area contributed by atoms with Crippen LogP contribution in [0.25, 0.3) is 0 Å². The van der Waals surface area contributed by atoms with Crippen molar-refractivity contribution in [3.05, 3.63) is 7.05 Å². The zero-order chi connectivity index (χ0) is 5.98. The molecule has 1 saturated carbocycles. The van der Waals surface area contributed by atoms with Crippen molar-refractivity contribution in [1.29, 1.82) is 0 Å². The van der Waals surface area contributed by atoms with Crippen molar-refractivity contribution in [2.45, 2.75) is 31.4 Å². The monoisotopic (exact) mass is 114 g/mol. The zero-order valence-corrected chi connectivity index (χ0v) is 4.93. The topological polar surface area (TPSA) is 32.3 Å². The largest absolute Gasteiger partial charge is 0.392 e. The lowest BCUT2D eigenvalue weighted by Crippen LogP contribution is -2.30. The van der Waals surface area contributed by atoms with Crippen molar-refractivity contribution in [3.63, 3.8) is 0 Å². The van der Waals surface area contributed by atoms with Gasteiger partial charge in [-0.15, -0.1) is 0 Å². The van der Waals surface area contributed by atoms with Crippen molar-refractivity contribution in [1.82, 2.24) is 5.32 Å². The minimum Gasteiger partial charge on any atom is -0.392 e. The predicted molar refractivity (Wildman–Crippen MR) is 32.1 cm³/mol. The Morgan fingerprint density at radius 1 is 1.50 bits per heavy atom. The van der Waals surface area contributed by atoms with Crippen LogP contribution in [-0.2, 0) is 0 Å². The van der Waals surface area contributed by atoms with E-state index in [1.807, 2.05) is 0 Å². The lowest BCUT2D eigenvalue weighted by Gasteiger charge is -2.11. The summed E-state index contributed by atoms with van der Waals surface area (Å²) in [5.41, 5.74) is 0. The number of nitrogens with one attached hydrogen (secondary N) is 1. The van der Waals surface area contributed by atoms with Crippen molar-refractivity contribution >= 4 is 0 Å². The predicted octanol–water partition coefficient (Wildman–Crippen LogP) is 0.281. The second-order valence-electron chi connectivity index (χ2n) is 2.31. The first kappa shape index (κ1) is 6.05. The average Bonchev–Trinajstić information content (AvgIpc) is 2.14. The maximum atomic E-state index is 9.09. The van der Waals surface area contributed by atoms with Crippen molar-refractivity contribution in [2.75, 3.05) is 0 Å². The van der Waals surface area contributed by atoms with Gasteiger partial charge in [-0.3, -0.25) is 0 Å². The molecule has 1 aliphatic rings. The summed E-state index contributed by atoms with van der Waals surface area (Å²) in [7, 11) is 3.51. The molecule has 1 aliphatic carbocycles. The number of rotatable bonds is 1. The molecular weight excluding hydrogens is 102 g/mol. The fourth-order valence-corrected chi connectivity index (χ4v) is 1.18. The molecule has 0 aromatic heterocycles. The van der Waals surface area contributed by atoms with Gasteiger partial charge in [0.15, 0.2) is 0 Å². The van der Waals surface area contributed by atoms with E-state index < -0.39 is 0 Å². The highest BCUT2D eigenvalue weighted by atomic mass is 16.3. The Kier molecular flexibility index (Phi) is 1.86. The Balaban J connectivity index is 2.30. The van der Waals surface area contributed by atoms with E-state index in [4.69, 9.17) is 5.11 Å². The van der Waals surface area contributed by atoms with Gasteiger partial charge >= 0.3 is 0 Å². The van der Waals surface area contributed by atoms with E-state index in [0.29, 0.717) is 0 Å². The van der Waals surface area contributed by atoms with Gasteiger partial charge in [0.1, 0.15) is 0 Å². The fraction of sp³-hybridized carbons (Fsp3) is 0.833. The number of aliphatic hydroxyl groups excluding tert-OH is 1. The minimum atomic E-state index is -0.146. The van der Waals surface area contributed by atoms with Crippen LogP contribution in [0.3, 0.4) is 0 Å². The summed E-state index contributed by atoms with van der Waals surface area (Å²) in [5, 5.41) is 11.9. The van der Waals surface area contributed by atoms with Crippen LogP contribution in [0.2, 0.25) is 0 Å². The molecule has 0 spiro atoms. The zero-order valence-electron chi connectivity index (χ0n) is 4.93. The first-order valence-electron chi connectivity index (χ1n) is 3.05. The molecular formula is C6H12NO. The molecule has 2 atom stereocenters. The van der Waals surface area contributed by atoms with E-state index in [0.717, 1.165) is 19.3 Å². The summed E-state index contributed by atoms with van der Waals surface area (Å²) in [4.78, 5) is 0. The third kappa shape index (κ3) is 1.01. The molecule has 47 valence electrons. The molecule has 0 bridgehead atoms. The van der Waals surface area contributed by atoms with Gasteiger partial charge in [-0.25, -0.2) is 0 Å². The van der Waals surface area contributed by atoms with Gasteiger partial charge in [0.25, 0.3) is 0 Å². The van der Waals surface area contributed by atoms with Crippen LogP contribution in [0.5, 0.6) is 0 Å². The Morgan fingerprint density at radius 3 is 2.50 bits per heavy atom. The summed E-state index contributed by atoms with van der Waals surface area (Å²) in [6, 6.07) is 0.259. The molecule has 1 radical (unpaired) electrons. The second kappa shape index (κ2) is 2.46. The van der Waals surface area contributed by atoms with Crippen molar-refractivity contribution < 1.29 is 5.11 Å². The minimum absolute atomic E-state index is 0.146. The molecule has 0 heterocycles. The normalized spacial score (nSPS) is 38.2. The highest BCUT2D eigenvalue weighted by Crippen LogP contribution is 2.17. The molecule has 2 heteroatoms.